The van der Waals surface area contributed by atoms with Gasteiger partial charge < -0.3 is 44.8 Å². The van der Waals surface area contributed by atoms with Gasteiger partial charge in [-0.1, -0.05) is 26.5 Å². The number of aliphatic hydroxyl groups is 6. The summed E-state index contributed by atoms with van der Waals surface area (Å²) in [7, 11) is 0. The lowest BCUT2D eigenvalue weighted by molar-refractivity contribution is -0.439. The average Bonchev–Trinajstić information content (AvgIpc) is 3.00. The number of nitrogens with zero attached hydrogens (tertiary/aromatic N) is 1. The Balaban J connectivity index is 1.17. The molecule has 0 radical (unpaired) electrons. The van der Waals surface area contributed by atoms with Crippen LogP contribution in [0.15, 0.2) is 29.4 Å². The van der Waals surface area contributed by atoms with Crippen LogP contribution < -0.4 is 0 Å². The van der Waals surface area contributed by atoms with Gasteiger partial charge in [0, 0.05) is 17.3 Å². The van der Waals surface area contributed by atoms with Gasteiger partial charge in [-0.05, 0) is 82.6 Å². The van der Waals surface area contributed by atoms with Crippen LogP contribution in [0.5, 0.6) is 0 Å². The van der Waals surface area contributed by atoms with Crippen molar-refractivity contribution in [3.63, 3.8) is 0 Å². The predicted octanol–water partition coefficient (Wildman–Crippen LogP) is 2.30. The van der Waals surface area contributed by atoms with Crippen molar-refractivity contribution in [3.05, 3.63) is 24.4 Å². The minimum absolute atomic E-state index is 0.0119. The molecule has 0 bridgehead atoms. The first kappa shape index (κ1) is 33.7. The molecule has 11 unspecified atom stereocenters. The van der Waals surface area contributed by atoms with E-state index in [1.54, 1.807) is 6.92 Å². The summed E-state index contributed by atoms with van der Waals surface area (Å²) in [6.07, 6.45) is 4.74. The van der Waals surface area contributed by atoms with E-state index in [4.69, 9.17) is 19.2 Å². The number of fused-ring (bicyclic) bond motifs is 1. The van der Waals surface area contributed by atoms with Crippen LogP contribution in [0.1, 0.15) is 73.1 Å². The standard InChI is InChI=1S/C32H53NO9/c1-18(35)13-21-14-25(36)23(21)10-9-22-8-7-20(19(2)33-22)16-41-31(5,6)17-30(3,4)11-12-40-29-26-28(38)27(37)24(15-34)32(26,39)42-29/h7-8,18,20-21,23-29,34-39H,2,9-17H2,1,3-6H3. The largest absolute Gasteiger partial charge is 0.396 e. The Bertz CT molecular complexity index is 1010. The van der Waals surface area contributed by atoms with E-state index in [2.05, 4.69) is 40.3 Å². The van der Waals surface area contributed by atoms with E-state index < -0.39 is 48.3 Å². The predicted molar refractivity (Wildman–Crippen MR) is 157 cm³/mol. The summed E-state index contributed by atoms with van der Waals surface area (Å²) in [6, 6.07) is 0. The normalized spacial score (nSPS) is 39.0. The minimum atomic E-state index is -1.77. The summed E-state index contributed by atoms with van der Waals surface area (Å²) in [5, 5.41) is 60.4. The Hall–Kier alpha value is -1.21. The second-order valence-corrected chi connectivity index (χ2v) is 14.5. The van der Waals surface area contributed by atoms with Gasteiger partial charge in [-0.25, -0.2) is 0 Å². The summed E-state index contributed by atoms with van der Waals surface area (Å²) >= 11 is 0. The molecule has 11 atom stereocenters. The molecule has 0 amide bonds. The molecule has 4 aliphatic rings. The van der Waals surface area contributed by atoms with E-state index in [0.717, 1.165) is 43.5 Å². The third-order valence-electron chi connectivity index (χ3n) is 9.81. The maximum Gasteiger partial charge on any atom is 0.186 e. The number of ether oxygens (including phenoxy) is 3. The molecular weight excluding hydrogens is 542 g/mol. The van der Waals surface area contributed by atoms with E-state index >= 15 is 0 Å². The quantitative estimate of drug-likeness (QED) is 0.167. The van der Waals surface area contributed by atoms with Crippen molar-refractivity contribution in [1.82, 2.24) is 0 Å². The topological polar surface area (TPSA) is 161 Å². The molecule has 0 spiro atoms. The molecule has 0 aromatic carbocycles. The highest BCUT2D eigenvalue weighted by atomic mass is 16.8. The minimum Gasteiger partial charge on any atom is -0.396 e. The summed E-state index contributed by atoms with van der Waals surface area (Å²) in [5.74, 6) is -2.96. The number of aliphatic imine (C=N–C) groups is 1. The van der Waals surface area contributed by atoms with Gasteiger partial charge in [-0.3, -0.25) is 4.99 Å². The van der Waals surface area contributed by atoms with Gasteiger partial charge in [0.05, 0.1) is 61.7 Å². The number of dihydropyridines is 1. The summed E-state index contributed by atoms with van der Waals surface area (Å²) in [4.78, 5) is 4.73. The molecule has 42 heavy (non-hydrogen) atoms. The smallest absolute Gasteiger partial charge is 0.186 e. The molecule has 1 saturated heterocycles. The highest BCUT2D eigenvalue weighted by Crippen LogP contribution is 2.53. The first-order valence-electron chi connectivity index (χ1n) is 15.5. The lowest BCUT2D eigenvalue weighted by Gasteiger charge is -2.49. The highest BCUT2D eigenvalue weighted by Gasteiger charge is 2.71. The van der Waals surface area contributed by atoms with Crippen LogP contribution in [0.25, 0.3) is 0 Å². The molecule has 10 heteroatoms. The number of aliphatic hydroxyl groups excluding tert-OH is 5. The number of hydrogen-bond acceptors (Lipinski definition) is 10. The third-order valence-corrected chi connectivity index (χ3v) is 9.81. The lowest BCUT2D eigenvalue weighted by atomic mass is 9.66. The Morgan fingerprint density at radius 2 is 1.90 bits per heavy atom. The Morgan fingerprint density at radius 1 is 1.19 bits per heavy atom. The Kier molecular flexibility index (Phi) is 10.4. The highest BCUT2D eigenvalue weighted by molar-refractivity contribution is 5.96. The van der Waals surface area contributed by atoms with Crippen molar-refractivity contribution in [2.45, 2.75) is 115 Å². The van der Waals surface area contributed by atoms with Crippen LogP contribution in [0.3, 0.4) is 0 Å². The molecule has 240 valence electrons. The van der Waals surface area contributed by atoms with Gasteiger partial charge in [0.1, 0.15) is 0 Å². The average molecular weight is 596 g/mol. The third kappa shape index (κ3) is 7.35. The van der Waals surface area contributed by atoms with Gasteiger partial charge in [-0.15, -0.1) is 0 Å². The van der Waals surface area contributed by atoms with Crippen molar-refractivity contribution in [2.75, 3.05) is 19.8 Å². The monoisotopic (exact) mass is 595 g/mol. The Morgan fingerprint density at radius 3 is 2.52 bits per heavy atom. The fourth-order valence-corrected chi connectivity index (χ4v) is 7.49. The zero-order valence-electron chi connectivity index (χ0n) is 25.9. The molecule has 2 aliphatic heterocycles. The molecule has 4 rings (SSSR count). The molecule has 3 fully saturated rings. The molecule has 2 aliphatic carbocycles. The molecular formula is C32H53NO9. The SMILES string of the molecule is C=C1N=C(CCC2C(O)CC2CC(C)O)C=CC1COC(C)(C)CC(C)(C)CCOC1OC2(O)C(CO)C(O)C(O)C12. The summed E-state index contributed by atoms with van der Waals surface area (Å²) in [6.45, 7) is 14.7. The molecule has 2 heterocycles. The van der Waals surface area contributed by atoms with E-state index in [9.17, 15) is 30.6 Å². The molecule has 6 N–H and O–H groups in total. The second kappa shape index (κ2) is 13.0. The Labute approximate surface area is 250 Å². The van der Waals surface area contributed by atoms with Crippen molar-refractivity contribution < 1.29 is 44.8 Å². The van der Waals surface area contributed by atoms with Crippen LogP contribution in [-0.4, -0.2) is 98.3 Å². The molecule has 0 aromatic heterocycles. The van der Waals surface area contributed by atoms with E-state index in [-0.39, 0.29) is 29.5 Å². The fraction of sp³-hybridized carbons (Fsp3) is 0.844. The zero-order chi connectivity index (χ0) is 31.0. The summed E-state index contributed by atoms with van der Waals surface area (Å²) < 4.78 is 17.7. The van der Waals surface area contributed by atoms with E-state index in [0.29, 0.717) is 25.6 Å². The first-order chi connectivity index (χ1) is 19.6. The van der Waals surface area contributed by atoms with Crippen LogP contribution in [0.4, 0.5) is 0 Å². The number of hydrogen-bond donors (Lipinski definition) is 6. The maximum absolute atomic E-state index is 10.6. The first-order valence-corrected chi connectivity index (χ1v) is 15.5. The van der Waals surface area contributed by atoms with Crippen LogP contribution in [0, 0.1) is 35.0 Å². The van der Waals surface area contributed by atoms with Crippen molar-refractivity contribution in [3.8, 4) is 0 Å². The molecule has 0 aromatic rings. The maximum atomic E-state index is 10.6. The van der Waals surface area contributed by atoms with E-state index in [1.165, 1.54) is 0 Å². The van der Waals surface area contributed by atoms with Gasteiger partial charge in [0.15, 0.2) is 12.1 Å². The van der Waals surface area contributed by atoms with Gasteiger partial charge in [-0.2, -0.15) is 0 Å². The number of allylic oxidation sites excluding steroid dienone is 1. The van der Waals surface area contributed by atoms with E-state index in [1.807, 2.05) is 6.08 Å². The zero-order valence-corrected chi connectivity index (χ0v) is 25.9. The van der Waals surface area contributed by atoms with Crippen molar-refractivity contribution in [2.24, 2.45) is 40.0 Å². The van der Waals surface area contributed by atoms with Crippen LogP contribution >= 0.6 is 0 Å². The number of rotatable bonds is 15. The van der Waals surface area contributed by atoms with Crippen LogP contribution in [-0.2, 0) is 14.2 Å². The molecule has 10 nitrogen and oxygen atoms in total. The van der Waals surface area contributed by atoms with Crippen molar-refractivity contribution in [1.29, 1.82) is 0 Å². The summed E-state index contributed by atoms with van der Waals surface area (Å²) in [5.41, 5.74) is 1.17. The van der Waals surface area contributed by atoms with Gasteiger partial charge >= 0.3 is 0 Å². The lowest BCUT2D eigenvalue weighted by Crippen LogP contribution is -2.63. The molecule has 2 saturated carbocycles. The van der Waals surface area contributed by atoms with Gasteiger partial charge in [0.25, 0.3) is 0 Å². The fourth-order valence-electron chi connectivity index (χ4n) is 7.49. The van der Waals surface area contributed by atoms with Gasteiger partial charge in [0.2, 0.25) is 0 Å². The second-order valence-electron chi connectivity index (χ2n) is 14.5. The van der Waals surface area contributed by atoms with Crippen LogP contribution in [0.2, 0.25) is 0 Å². The van der Waals surface area contributed by atoms with Crippen molar-refractivity contribution >= 4 is 5.71 Å².